The van der Waals surface area contributed by atoms with Crippen LogP contribution in [0.1, 0.15) is 48.0 Å². The van der Waals surface area contributed by atoms with Gasteiger partial charge in [0, 0.05) is 12.2 Å². The molecule has 0 radical (unpaired) electrons. The summed E-state index contributed by atoms with van der Waals surface area (Å²) in [6.45, 7) is 6.09. The molecule has 1 aromatic heterocycles. The first-order valence-corrected chi connectivity index (χ1v) is 5.96. The van der Waals surface area contributed by atoms with E-state index in [4.69, 9.17) is 5.11 Å². The lowest BCUT2D eigenvalue weighted by molar-refractivity contribution is 0.0689. The standard InChI is InChI=1S/C13H18N2O3/c1-4-10(8(2)3)15-12(16)9-5-6-11(13(17)18)14-7-9/h5-8,10H,4H2,1-3H3,(H,15,16)(H,17,18). The fraction of sp³-hybridized carbons (Fsp3) is 0.462. The van der Waals surface area contributed by atoms with Gasteiger partial charge in [-0.05, 0) is 24.5 Å². The van der Waals surface area contributed by atoms with E-state index in [1.165, 1.54) is 18.3 Å². The number of carbonyl (C=O) groups is 2. The van der Waals surface area contributed by atoms with Gasteiger partial charge in [0.15, 0.2) is 0 Å². The maximum absolute atomic E-state index is 11.9. The monoisotopic (exact) mass is 250 g/mol. The van der Waals surface area contributed by atoms with Gasteiger partial charge in [0.2, 0.25) is 0 Å². The van der Waals surface area contributed by atoms with Crippen molar-refractivity contribution in [2.45, 2.75) is 33.2 Å². The molecule has 0 spiro atoms. The van der Waals surface area contributed by atoms with Gasteiger partial charge in [-0.15, -0.1) is 0 Å². The van der Waals surface area contributed by atoms with Crippen LogP contribution in [0.4, 0.5) is 0 Å². The van der Waals surface area contributed by atoms with Gasteiger partial charge in [-0.3, -0.25) is 4.79 Å². The third kappa shape index (κ3) is 3.55. The zero-order valence-corrected chi connectivity index (χ0v) is 10.8. The second kappa shape index (κ2) is 6.14. The van der Waals surface area contributed by atoms with E-state index in [1.54, 1.807) is 0 Å². The van der Waals surface area contributed by atoms with Crippen molar-refractivity contribution in [1.82, 2.24) is 10.3 Å². The Morgan fingerprint density at radius 3 is 2.44 bits per heavy atom. The smallest absolute Gasteiger partial charge is 0.354 e. The molecule has 5 nitrogen and oxygen atoms in total. The van der Waals surface area contributed by atoms with Crippen molar-refractivity contribution in [3.05, 3.63) is 29.6 Å². The summed E-state index contributed by atoms with van der Waals surface area (Å²) in [7, 11) is 0. The van der Waals surface area contributed by atoms with Gasteiger partial charge in [-0.25, -0.2) is 9.78 Å². The molecule has 0 bridgehead atoms. The molecule has 18 heavy (non-hydrogen) atoms. The number of pyridine rings is 1. The van der Waals surface area contributed by atoms with Crippen LogP contribution < -0.4 is 5.32 Å². The molecular weight excluding hydrogens is 232 g/mol. The highest BCUT2D eigenvalue weighted by atomic mass is 16.4. The zero-order chi connectivity index (χ0) is 13.7. The van der Waals surface area contributed by atoms with Crippen molar-refractivity contribution in [2.75, 3.05) is 0 Å². The summed E-state index contributed by atoms with van der Waals surface area (Å²) >= 11 is 0. The molecule has 1 aromatic rings. The zero-order valence-electron chi connectivity index (χ0n) is 10.8. The quantitative estimate of drug-likeness (QED) is 0.837. The SMILES string of the molecule is CCC(NC(=O)c1ccc(C(=O)O)nc1)C(C)C. The largest absolute Gasteiger partial charge is 0.477 e. The number of carbonyl (C=O) groups excluding carboxylic acids is 1. The number of rotatable bonds is 5. The van der Waals surface area contributed by atoms with Crippen molar-refractivity contribution < 1.29 is 14.7 Å². The van der Waals surface area contributed by atoms with Gasteiger partial charge in [0.25, 0.3) is 5.91 Å². The Kier molecular flexibility index (Phi) is 4.83. The second-order valence-corrected chi connectivity index (χ2v) is 4.47. The minimum atomic E-state index is -1.10. The summed E-state index contributed by atoms with van der Waals surface area (Å²) in [4.78, 5) is 26.3. The lowest BCUT2D eigenvalue weighted by Crippen LogP contribution is -2.38. The summed E-state index contributed by atoms with van der Waals surface area (Å²) in [5.41, 5.74) is 0.307. The summed E-state index contributed by atoms with van der Waals surface area (Å²) < 4.78 is 0. The summed E-state index contributed by atoms with van der Waals surface area (Å²) in [6, 6.07) is 2.91. The van der Waals surface area contributed by atoms with E-state index < -0.39 is 5.97 Å². The van der Waals surface area contributed by atoms with Crippen molar-refractivity contribution in [3.8, 4) is 0 Å². The number of amides is 1. The molecule has 0 aliphatic heterocycles. The van der Waals surface area contributed by atoms with E-state index in [0.29, 0.717) is 11.5 Å². The molecule has 1 unspecified atom stereocenters. The van der Waals surface area contributed by atoms with E-state index in [9.17, 15) is 9.59 Å². The third-order valence-electron chi connectivity index (χ3n) is 2.81. The molecule has 0 aliphatic rings. The normalized spacial score (nSPS) is 12.2. The van der Waals surface area contributed by atoms with Crippen molar-refractivity contribution in [3.63, 3.8) is 0 Å². The lowest BCUT2D eigenvalue weighted by Gasteiger charge is -2.20. The lowest BCUT2D eigenvalue weighted by atomic mass is 10.0. The Hall–Kier alpha value is -1.91. The van der Waals surface area contributed by atoms with E-state index in [2.05, 4.69) is 10.3 Å². The molecule has 2 N–H and O–H groups in total. The van der Waals surface area contributed by atoms with E-state index in [1.807, 2.05) is 20.8 Å². The van der Waals surface area contributed by atoms with Gasteiger partial charge in [-0.1, -0.05) is 20.8 Å². The molecule has 0 saturated carbocycles. The first kappa shape index (κ1) is 14.2. The molecule has 1 amide bonds. The first-order valence-electron chi connectivity index (χ1n) is 5.96. The third-order valence-corrected chi connectivity index (χ3v) is 2.81. The van der Waals surface area contributed by atoms with Crippen LogP contribution in [-0.4, -0.2) is 28.0 Å². The molecular formula is C13H18N2O3. The summed E-state index contributed by atoms with van der Waals surface area (Å²) in [6.07, 6.45) is 2.13. The number of hydrogen-bond acceptors (Lipinski definition) is 3. The number of carboxylic acid groups (broad SMARTS) is 1. The Morgan fingerprint density at radius 2 is 2.06 bits per heavy atom. The van der Waals surface area contributed by atoms with Gasteiger partial charge >= 0.3 is 5.97 Å². The van der Waals surface area contributed by atoms with Crippen LogP contribution in [0.15, 0.2) is 18.3 Å². The van der Waals surface area contributed by atoms with Crippen LogP contribution in [0.25, 0.3) is 0 Å². The number of nitrogens with zero attached hydrogens (tertiary/aromatic N) is 1. The van der Waals surface area contributed by atoms with Gasteiger partial charge in [0.05, 0.1) is 5.56 Å². The van der Waals surface area contributed by atoms with Crippen LogP contribution in [0.5, 0.6) is 0 Å². The number of carboxylic acids is 1. The van der Waals surface area contributed by atoms with Crippen LogP contribution in [0.3, 0.4) is 0 Å². The maximum atomic E-state index is 11.9. The minimum absolute atomic E-state index is 0.0672. The summed E-state index contributed by atoms with van der Waals surface area (Å²) in [5, 5.41) is 11.6. The number of nitrogens with one attached hydrogen (secondary N) is 1. The van der Waals surface area contributed by atoms with Crippen LogP contribution in [0.2, 0.25) is 0 Å². The molecule has 0 aliphatic carbocycles. The van der Waals surface area contributed by atoms with Crippen LogP contribution in [0, 0.1) is 5.92 Å². The number of aromatic nitrogens is 1. The molecule has 1 heterocycles. The van der Waals surface area contributed by atoms with Crippen molar-refractivity contribution in [2.24, 2.45) is 5.92 Å². The maximum Gasteiger partial charge on any atom is 0.354 e. The van der Waals surface area contributed by atoms with Gasteiger partial charge < -0.3 is 10.4 Å². The highest BCUT2D eigenvalue weighted by Crippen LogP contribution is 2.07. The van der Waals surface area contributed by atoms with Gasteiger partial charge in [0.1, 0.15) is 5.69 Å². The molecule has 98 valence electrons. The molecule has 1 rings (SSSR count). The van der Waals surface area contributed by atoms with Crippen LogP contribution in [-0.2, 0) is 0 Å². The van der Waals surface area contributed by atoms with E-state index in [0.717, 1.165) is 6.42 Å². The topological polar surface area (TPSA) is 79.3 Å². The average Bonchev–Trinajstić information content (AvgIpc) is 2.35. The van der Waals surface area contributed by atoms with E-state index in [-0.39, 0.29) is 17.6 Å². The van der Waals surface area contributed by atoms with Gasteiger partial charge in [-0.2, -0.15) is 0 Å². The predicted octanol–water partition coefficient (Wildman–Crippen LogP) is 1.94. The Morgan fingerprint density at radius 1 is 1.39 bits per heavy atom. The molecule has 5 heteroatoms. The first-order chi connectivity index (χ1) is 8.45. The number of aromatic carboxylic acids is 1. The Balaban J connectivity index is 2.75. The van der Waals surface area contributed by atoms with Crippen LogP contribution >= 0.6 is 0 Å². The predicted molar refractivity (Wildman–Crippen MR) is 67.6 cm³/mol. The average molecular weight is 250 g/mol. The summed E-state index contributed by atoms with van der Waals surface area (Å²) in [5.74, 6) is -0.972. The number of hydrogen-bond donors (Lipinski definition) is 2. The highest BCUT2D eigenvalue weighted by Gasteiger charge is 2.15. The Bertz CT molecular complexity index is 426. The Labute approximate surface area is 106 Å². The fourth-order valence-electron chi connectivity index (χ4n) is 1.65. The molecule has 1 atom stereocenters. The molecule has 0 aromatic carbocycles. The van der Waals surface area contributed by atoms with E-state index >= 15 is 0 Å². The second-order valence-electron chi connectivity index (χ2n) is 4.47. The molecule has 0 fully saturated rings. The highest BCUT2D eigenvalue weighted by molar-refractivity contribution is 5.95. The van der Waals surface area contributed by atoms with Crippen molar-refractivity contribution in [1.29, 1.82) is 0 Å². The van der Waals surface area contributed by atoms with Crippen molar-refractivity contribution >= 4 is 11.9 Å². The molecule has 0 saturated heterocycles. The fourth-order valence-corrected chi connectivity index (χ4v) is 1.65. The minimum Gasteiger partial charge on any atom is -0.477 e.